The lowest BCUT2D eigenvalue weighted by molar-refractivity contribution is 0.226. The van der Waals surface area contributed by atoms with Gasteiger partial charge in [0.05, 0.1) is 15.9 Å². The molecule has 3 nitrogen and oxygen atoms in total. The van der Waals surface area contributed by atoms with Crippen molar-refractivity contribution in [2.24, 2.45) is 5.41 Å². The Kier molecular flexibility index (Phi) is 5.30. The molecule has 1 saturated carbocycles. The molecule has 1 unspecified atom stereocenters. The molecule has 20 heavy (non-hydrogen) atoms. The Bertz CT molecular complexity index is 447. The van der Waals surface area contributed by atoms with Crippen LogP contribution in [0.15, 0.2) is 4.47 Å². The predicted octanol–water partition coefficient (Wildman–Crippen LogP) is 3.94. The van der Waals surface area contributed by atoms with Crippen molar-refractivity contribution in [2.45, 2.75) is 71.9 Å². The molecule has 0 aliphatic heterocycles. The number of halogens is 1. The lowest BCUT2D eigenvalue weighted by Crippen LogP contribution is -2.42. The highest BCUT2D eigenvalue weighted by Gasteiger charge is 2.37. The third-order valence-corrected chi connectivity index (χ3v) is 5.94. The average molecular weight is 342 g/mol. The molecule has 1 heterocycles. The number of aromatic nitrogens is 2. The number of nitrogens with zero attached hydrogens (tertiary/aromatic N) is 2. The zero-order valence-electron chi connectivity index (χ0n) is 13.3. The van der Waals surface area contributed by atoms with Crippen molar-refractivity contribution >= 4 is 15.9 Å². The minimum atomic E-state index is 0.434. The maximum atomic E-state index is 4.73. The lowest BCUT2D eigenvalue weighted by atomic mass is 9.78. The Hall–Kier alpha value is -0.350. The number of nitrogens with one attached hydrogen (secondary N) is 1. The van der Waals surface area contributed by atoms with Gasteiger partial charge in [-0.2, -0.15) is 5.10 Å². The van der Waals surface area contributed by atoms with E-state index in [1.54, 1.807) is 0 Å². The molecule has 0 saturated heterocycles. The maximum Gasteiger partial charge on any atom is 0.0766 e. The number of rotatable bonds is 6. The van der Waals surface area contributed by atoms with Crippen molar-refractivity contribution in [3.05, 3.63) is 15.9 Å². The quantitative estimate of drug-likeness (QED) is 0.849. The van der Waals surface area contributed by atoms with Crippen molar-refractivity contribution in [2.75, 3.05) is 7.05 Å². The van der Waals surface area contributed by atoms with E-state index >= 15 is 0 Å². The van der Waals surface area contributed by atoms with E-state index in [0.717, 1.165) is 19.4 Å². The van der Waals surface area contributed by atoms with E-state index < -0.39 is 0 Å². The Balaban J connectivity index is 2.25. The van der Waals surface area contributed by atoms with Crippen molar-refractivity contribution in [3.8, 4) is 0 Å². The second-order valence-electron chi connectivity index (χ2n) is 6.28. The predicted molar refractivity (Wildman–Crippen MR) is 88.1 cm³/mol. The van der Waals surface area contributed by atoms with Crippen molar-refractivity contribution in [1.82, 2.24) is 15.1 Å². The van der Waals surface area contributed by atoms with Crippen LogP contribution in [0.2, 0.25) is 0 Å². The standard InChI is InChI=1S/C16H28BrN3/c1-5-12-15(17)13(20(6-2)19-12)11-14(18-4)16(3)9-7-8-10-16/h14,18H,5-11H2,1-4H3. The maximum absolute atomic E-state index is 4.73. The molecule has 1 fully saturated rings. The SMILES string of the molecule is CCc1nn(CC)c(CC(NC)C2(C)CCCC2)c1Br. The molecule has 0 radical (unpaired) electrons. The molecule has 4 heteroatoms. The smallest absolute Gasteiger partial charge is 0.0766 e. The summed E-state index contributed by atoms with van der Waals surface area (Å²) >= 11 is 3.78. The van der Waals surface area contributed by atoms with E-state index in [2.05, 4.69) is 53.7 Å². The van der Waals surface area contributed by atoms with Crippen LogP contribution in [0.25, 0.3) is 0 Å². The Labute approximate surface area is 131 Å². The van der Waals surface area contributed by atoms with Gasteiger partial charge >= 0.3 is 0 Å². The van der Waals surface area contributed by atoms with E-state index in [1.165, 1.54) is 41.5 Å². The van der Waals surface area contributed by atoms with Crippen LogP contribution in [-0.4, -0.2) is 22.9 Å². The summed E-state index contributed by atoms with van der Waals surface area (Å²) in [5.74, 6) is 0. The highest BCUT2D eigenvalue weighted by molar-refractivity contribution is 9.10. The van der Waals surface area contributed by atoms with Crippen LogP contribution in [-0.2, 0) is 19.4 Å². The molecule has 1 aliphatic carbocycles. The van der Waals surface area contributed by atoms with Gasteiger partial charge in [-0.25, -0.2) is 0 Å². The summed E-state index contributed by atoms with van der Waals surface area (Å²) in [7, 11) is 2.11. The normalized spacial score (nSPS) is 19.4. The molecule has 0 amide bonds. The molecule has 114 valence electrons. The van der Waals surface area contributed by atoms with E-state index in [4.69, 9.17) is 5.10 Å². The first kappa shape index (κ1) is 16.0. The average Bonchev–Trinajstić information content (AvgIpc) is 3.01. The van der Waals surface area contributed by atoms with Crippen LogP contribution in [0.3, 0.4) is 0 Å². The molecule has 0 bridgehead atoms. The summed E-state index contributed by atoms with van der Waals surface area (Å²) < 4.78 is 3.40. The molecular formula is C16H28BrN3. The van der Waals surface area contributed by atoms with E-state index in [-0.39, 0.29) is 0 Å². The third kappa shape index (κ3) is 2.96. The highest BCUT2D eigenvalue weighted by Crippen LogP contribution is 2.42. The van der Waals surface area contributed by atoms with Gasteiger partial charge in [-0.1, -0.05) is 26.7 Å². The Morgan fingerprint density at radius 3 is 2.50 bits per heavy atom. The topological polar surface area (TPSA) is 29.9 Å². The van der Waals surface area contributed by atoms with Gasteiger partial charge in [-0.05, 0) is 54.6 Å². The van der Waals surface area contributed by atoms with E-state index in [1.807, 2.05) is 0 Å². The van der Waals surface area contributed by atoms with Gasteiger partial charge in [-0.3, -0.25) is 4.68 Å². The van der Waals surface area contributed by atoms with Gasteiger partial charge < -0.3 is 5.32 Å². The molecule has 1 aromatic rings. The van der Waals surface area contributed by atoms with Gasteiger partial charge in [-0.15, -0.1) is 0 Å². The van der Waals surface area contributed by atoms with Gasteiger partial charge in [0.2, 0.25) is 0 Å². The molecule has 0 aromatic carbocycles. The van der Waals surface area contributed by atoms with Crippen LogP contribution < -0.4 is 5.32 Å². The summed E-state index contributed by atoms with van der Waals surface area (Å²) in [5.41, 5.74) is 2.98. The molecule has 1 aliphatic rings. The minimum Gasteiger partial charge on any atom is -0.316 e. The molecule has 0 spiro atoms. The first-order valence-corrected chi connectivity index (χ1v) is 8.76. The zero-order valence-corrected chi connectivity index (χ0v) is 14.9. The molecule has 1 N–H and O–H groups in total. The van der Waals surface area contributed by atoms with Gasteiger partial charge in [0, 0.05) is 19.0 Å². The molecule has 2 rings (SSSR count). The summed E-state index contributed by atoms with van der Waals surface area (Å²) in [5, 5.41) is 8.30. The zero-order chi connectivity index (χ0) is 14.8. The minimum absolute atomic E-state index is 0.434. The Morgan fingerprint density at radius 1 is 1.35 bits per heavy atom. The van der Waals surface area contributed by atoms with Gasteiger partial charge in [0.15, 0.2) is 0 Å². The van der Waals surface area contributed by atoms with Crippen molar-refractivity contribution in [3.63, 3.8) is 0 Å². The summed E-state index contributed by atoms with van der Waals surface area (Å²) in [6, 6.07) is 0.535. The third-order valence-electron chi connectivity index (χ3n) is 5.03. The van der Waals surface area contributed by atoms with E-state index in [0.29, 0.717) is 11.5 Å². The molecular weight excluding hydrogens is 314 g/mol. The Morgan fingerprint density at radius 2 is 2.00 bits per heavy atom. The van der Waals surface area contributed by atoms with Crippen LogP contribution in [0.4, 0.5) is 0 Å². The second kappa shape index (κ2) is 6.61. The largest absolute Gasteiger partial charge is 0.316 e. The van der Waals surface area contributed by atoms with Gasteiger partial charge in [0.1, 0.15) is 0 Å². The number of hydrogen-bond donors (Lipinski definition) is 1. The summed E-state index contributed by atoms with van der Waals surface area (Å²) in [6.07, 6.45) is 7.50. The fourth-order valence-electron chi connectivity index (χ4n) is 3.63. The van der Waals surface area contributed by atoms with E-state index in [9.17, 15) is 0 Å². The fraction of sp³-hybridized carbons (Fsp3) is 0.812. The fourth-order valence-corrected chi connectivity index (χ4v) is 4.36. The van der Waals surface area contributed by atoms with Crippen LogP contribution in [0, 0.1) is 5.41 Å². The number of aryl methyl sites for hydroxylation is 2. The van der Waals surface area contributed by atoms with Crippen LogP contribution in [0.1, 0.15) is 57.8 Å². The van der Waals surface area contributed by atoms with Gasteiger partial charge in [0.25, 0.3) is 0 Å². The monoisotopic (exact) mass is 341 g/mol. The first-order valence-electron chi connectivity index (χ1n) is 7.97. The van der Waals surface area contributed by atoms with Crippen LogP contribution >= 0.6 is 15.9 Å². The summed E-state index contributed by atoms with van der Waals surface area (Å²) in [6.45, 7) is 7.74. The van der Waals surface area contributed by atoms with Crippen molar-refractivity contribution in [1.29, 1.82) is 0 Å². The lowest BCUT2D eigenvalue weighted by Gasteiger charge is -2.34. The van der Waals surface area contributed by atoms with Crippen LogP contribution in [0.5, 0.6) is 0 Å². The second-order valence-corrected chi connectivity index (χ2v) is 7.08. The molecule has 1 atom stereocenters. The summed E-state index contributed by atoms with van der Waals surface area (Å²) in [4.78, 5) is 0. The number of likely N-dealkylation sites (N-methyl/N-ethyl adjacent to an activating group) is 1. The molecule has 1 aromatic heterocycles. The highest BCUT2D eigenvalue weighted by atomic mass is 79.9. The van der Waals surface area contributed by atoms with Crippen molar-refractivity contribution < 1.29 is 0 Å². The number of hydrogen-bond acceptors (Lipinski definition) is 2. The first-order chi connectivity index (χ1) is 9.55.